The van der Waals surface area contributed by atoms with E-state index in [0.717, 1.165) is 23.7 Å². The molecule has 8 unspecified atom stereocenters. The summed E-state index contributed by atoms with van der Waals surface area (Å²) in [7, 11) is 4.23. The fourth-order valence-corrected chi connectivity index (χ4v) is 6.76. The lowest BCUT2D eigenvalue weighted by molar-refractivity contribution is -0.924. The van der Waals surface area contributed by atoms with Crippen molar-refractivity contribution in [2.75, 3.05) is 20.7 Å². The highest BCUT2D eigenvalue weighted by Gasteiger charge is 2.59. The zero-order valence-corrected chi connectivity index (χ0v) is 13.6. The maximum atomic E-state index is 11.1. The van der Waals surface area contributed by atoms with Crippen molar-refractivity contribution in [2.45, 2.75) is 63.2 Å². The van der Waals surface area contributed by atoms with E-state index < -0.39 is 0 Å². The van der Waals surface area contributed by atoms with Gasteiger partial charge in [0.05, 0.1) is 19.7 Å². The lowest BCUT2D eigenvalue weighted by Crippen LogP contribution is -3.17. The highest BCUT2D eigenvalue weighted by Crippen LogP contribution is 2.54. The van der Waals surface area contributed by atoms with Crippen LogP contribution in [0.3, 0.4) is 0 Å². The second-order valence-electron chi connectivity index (χ2n) is 8.34. The molecule has 4 rings (SSSR count). The molecule has 0 aromatic carbocycles. The molecule has 9 atom stereocenters. The zero-order chi connectivity index (χ0) is 14.6. The number of likely N-dealkylation sites (N-methyl/N-ethyl adjacent to an activating group) is 1. The molecular formula is C18H32NO2+. The van der Waals surface area contributed by atoms with Crippen molar-refractivity contribution in [3.05, 3.63) is 0 Å². The van der Waals surface area contributed by atoms with Crippen molar-refractivity contribution < 1.29 is 14.7 Å². The summed E-state index contributed by atoms with van der Waals surface area (Å²) in [6.45, 7) is 1.24. The number of likely N-dealkylation sites (tertiary alicyclic amines) is 1. The summed E-state index contributed by atoms with van der Waals surface area (Å²) in [5, 5.41) is 11.1. The number of aliphatic hydroxyl groups excluding tert-OH is 1. The van der Waals surface area contributed by atoms with Crippen molar-refractivity contribution in [3.63, 3.8) is 0 Å². The van der Waals surface area contributed by atoms with E-state index in [-0.39, 0.29) is 6.10 Å². The van der Waals surface area contributed by atoms with Gasteiger partial charge in [0.2, 0.25) is 0 Å². The molecule has 0 amide bonds. The monoisotopic (exact) mass is 294 g/mol. The van der Waals surface area contributed by atoms with E-state index in [1.165, 1.54) is 51.5 Å². The molecule has 0 aromatic heterocycles. The molecule has 3 nitrogen and oxygen atoms in total. The van der Waals surface area contributed by atoms with Crippen LogP contribution < -0.4 is 4.90 Å². The quantitative estimate of drug-likeness (QED) is 0.760. The Hall–Kier alpha value is -0.120. The Morgan fingerprint density at radius 3 is 2.52 bits per heavy atom. The second-order valence-corrected chi connectivity index (χ2v) is 8.34. The second kappa shape index (κ2) is 5.50. The third-order valence-electron chi connectivity index (χ3n) is 7.60. The Morgan fingerprint density at radius 1 is 1.00 bits per heavy atom. The topological polar surface area (TPSA) is 33.9 Å². The lowest BCUT2D eigenvalue weighted by Gasteiger charge is -2.59. The Bertz CT molecular complexity index is 387. The minimum absolute atomic E-state index is 0.0431. The standard InChI is InChI=1S/C18H31NO2/c1-19-8-7-11-9-12(21-2)10-15-13-5-3-4-6-14(13)18(20)17(19)16(11)15/h11-18,20H,3-10H2,1-2H3/p+1/t11?,12?,13?,14?,15?,16?,17?,18-/m1/s1. The number of quaternary nitrogens is 1. The summed E-state index contributed by atoms with van der Waals surface area (Å²) in [5.41, 5.74) is 0. The maximum Gasteiger partial charge on any atom is 0.117 e. The van der Waals surface area contributed by atoms with Crippen LogP contribution in [0.15, 0.2) is 0 Å². The SMILES string of the molecule is COC1CC2CC[NH+](C)C3C2C(C1)C1CCCCC1[C@H]3O. The van der Waals surface area contributed by atoms with Crippen LogP contribution in [-0.2, 0) is 4.74 Å². The first-order valence-corrected chi connectivity index (χ1v) is 9.24. The van der Waals surface area contributed by atoms with Gasteiger partial charge in [0.1, 0.15) is 12.1 Å². The van der Waals surface area contributed by atoms with Gasteiger partial charge in [-0.1, -0.05) is 12.8 Å². The molecule has 0 aromatic rings. The molecule has 2 N–H and O–H groups in total. The number of piperidine rings is 1. The first kappa shape index (κ1) is 14.5. The van der Waals surface area contributed by atoms with Crippen LogP contribution in [0.5, 0.6) is 0 Å². The van der Waals surface area contributed by atoms with E-state index in [4.69, 9.17) is 4.74 Å². The summed E-state index contributed by atoms with van der Waals surface area (Å²) in [5.74, 6) is 3.75. The molecule has 3 saturated carbocycles. The minimum Gasteiger partial charge on any atom is -0.387 e. The summed E-state index contributed by atoms with van der Waals surface area (Å²) in [4.78, 5) is 1.61. The molecule has 1 heterocycles. The molecule has 21 heavy (non-hydrogen) atoms. The number of hydrogen-bond donors (Lipinski definition) is 2. The molecule has 120 valence electrons. The van der Waals surface area contributed by atoms with Crippen molar-refractivity contribution in [1.82, 2.24) is 0 Å². The van der Waals surface area contributed by atoms with E-state index in [1.54, 1.807) is 4.90 Å². The van der Waals surface area contributed by atoms with E-state index in [1.807, 2.05) is 7.11 Å². The minimum atomic E-state index is -0.0431. The van der Waals surface area contributed by atoms with Gasteiger partial charge < -0.3 is 14.7 Å². The molecule has 1 saturated heterocycles. The van der Waals surface area contributed by atoms with Gasteiger partial charge in [0, 0.05) is 13.0 Å². The van der Waals surface area contributed by atoms with Crippen LogP contribution in [0.1, 0.15) is 44.9 Å². The average Bonchev–Trinajstić information content (AvgIpc) is 2.53. The van der Waals surface area contributed by atoms with Gasteiger partial charge in [-0.15, -0.1) is 0 Å². The number of nitrogens with one attached hydrogen (secondary N) is 1. The van der Waals surface area contributed by atoms with E-state index in [9.17, 15) is 5.11 Å². The average molecular weight is 294 g/mol. The maximum absolute atomic E-state index is 11.1. The van der Waals surface area contributed by atoms with Gasteiger partial charge in [-0.25, -0.2) is 0 Å². The Labute approximate surface area is 129 Å². The number of methoxy groups -OCH3 is 1. The molecule has 1 aliphatic heterocycles. The third kappa shape index (κ3) is 2.19. The van der Waals surface area contributed by atoms with Crippen LogP contribution in [0.4, 0.5) is 0 Å². The summed E-state index contributed by atoms with van der Waals surface area (Å²) in [6, 6.07) is 0.505. The number of fused-ring (bicyclic) bond motifs is 2. The van der Waals surface area contributed by atoms with Gasteiger partial charge in [-0.2, -0.15) is 0 Å². The van der Waals surface area contributed by atoms with E-state index in [0.29, 0.717) is 18.1 Å². The summed E-state index contributed by atoms with van der Waals surface area (Å²) in [6.07, 6.45) is 9.62. The van der Waals surface area contributed by atoms with Crippen LogP contribution >= 0.6 is 0 Å². The molecule has 0 bridgehead atoms. The van der Waals surface area contributed by atoms with Crippen molar-refractivity contribution >= 4 is 0 Å². The van der Waals surface area contributed by atoms with Crippen LogP contribution in [0.25, 0.3) is 0 Å². The Morgan fingerprint density at radius 2 is 1.76 bits per heavy atom. The lowest BCUT2D eigenvalue weighted by atomic mass is 9.51. The number of hydrogen-bond acceptors (Lipinski definition) is 2. The summed E-state index contributed by atoms with van der Waals surface area (Å²) >= 11 is 0. The predicted molar refractivity (Wildman–Crippen MR) is 82.1 cm³/mol. The highest BCUT2D eigenvalue weighted by atomic mass is 16.5. The molecule has 0 spiro atoms. The smallest absolute Gasteiger partial charge is 0.117 e. The number of rotatable bonds is 1. The fraction of sp³-hybridized carbons (Fsp3) is 1.00. The number of aliphatic hydroxyl groups is 1. The van der Waals surface area contributed by atoms with Gasteiger partial charge >= 0.3 is 0 Å². The molecule has 4 fully saturated rings. The Balaban J connectivity index is 1.68. The van der Waals surface area contributed by atoms with E-state index >= 15 is 0 Å². The first-order chi connectivity index (χ1) is 10.2. The van der Waals surface area contributed by atoms with Crippen LogP contribution in [-0.4, -0.2) is 44.1 Å². The number of ether oxygens (including phenoxy) is 1. The van der Waals surface area contributed by atoms with Crippen molar-refractivity contribution in [2.24, 2.45) is 29.6 Å². The van der Waals surface area contributed by atoms with Crippen molar-refractivity contribution in [3.8, 4) is 0 Å². The van der Waals surface area contributed by atoms with Gasteiger partial charge in [-0.05, 0) is 55.8 Å². The molecule has 4 aliphatic rings. The van der Waals surface area contributed by atoms with Gasteiger partial charge in [-0.3, -0.25) is 0 Å². The normalized spacial score (nSPS) is 56.4. The van der Waals surface area contributed by atoms with Crippen LogP contribution in [0, 0.1) is 29.6 Å². The van der Waals surface area contributed by atoms with Gasteiger partial charge in [0.15, 0.2) is 0 Å². The molecule has 3 aliphatic carbocycles. The molecule has 0 radical (unpaired) electrons. The molecule has 3 heteroatoms. The van der Waals surface area contributed by atoms with Crippen molar-refractivity contribution in [1.29, 1.82) is 0 Å². The summed E-state index contributed by atoms with van der Waals surface area (Å²) < 4.78 is 5.80. The highest BCUT2D eigenvalue weighted by molar-refractivity contribution is 5.04. The first-order valence-electron chi connectivity index (χ1n) is 9.24. The van der Waals surface area contributed by atoms with E-state index in [2.05, 4.69) is 7.05 Å². The predicted octanol–water partition coefficient (Wildman–Crippen LogP) is 1.11. The molecular weight excluding hydrogens is 262 g/mol. The van der Waals surface area contributed by atoms with Gasteiger partial charge in [0.25, 0.3) is 0 Å². The Kier molecular flexibility index (Phi) is 3.79. The largest absolute Gasteiger partial charge is 0.387 e. The van der Waals surface area contributed by atoms with Crippen LogP contribution in [0.2, 0.25) is 0 Å². The third-order valence-corrected chi connectivity index (χ3v) is 7.60. The zero-order valence-electron chi connectivity index (χ0n) is 13.6. The fourth-order valence-electron chi connectivity index (χ4n) is 6.76.